The van der Waals surface area contributed by atoms with Crippen LogP contribution < -0.4 is 15.5 Å². The summed E-state index contributed by atoms with van der Waals surface area (Å²) in [6.07, 6.45) is 1.47. The lowest BCUT2D eigenvalue weighted by atomic mass is 10.2. The number of hydrogen-bond donors (Lipinski definition) is 2. The standard InChI is InChI=1S/C18H26N4O3/c1-3-25-17(24)10-7-11-20-18(19-2)21-14-12-16(23)22(13-14)15-8-5-4-6-9-15/h4-6,8-9,14H,3,7,10-13H2,1-2H3,(H2,19,20,21). The molecule has 2 N–H and O–H groups in total. The molecule has 0 aromatic heterocycles. The molecule has 7 heteroatoms. The Morgan fingerprint density at radius 3 is 2.80 bits per heavy atom. The minimum absolute atomic E-state index is 0.00367. The topological polar surface area (TPSA) is 83.0 Å². The molecule has 0 bridgehead atoms. The van der Waals surface area contributed by atoms with Gasteiger partial charge in [-0.1, -0.05) is 18.2 Å². The second-order valence-electron chi connectivity index (χ2n) is 5.79. The number of esters is 1. The summed E-state index contributed by atoms with van der Waals surface area (Å²) in [5.74, 6) is 0.546. The molecule has 1 aliphatic heterocycles. The molecule has 136 valence electrons. The summed E-state index contributed by atoms with van der Waals surface area (Å²) >= 11 is 0. The van der Waals surface area contributed by atoms with Gasteiger partial charge in [-0.15, -0.1) is 0 Å². The van der Waals surface area contributed by atoms with Gasteiger partial charge >= 0.3 is 5.97 Å². The number of carbonyl (C=O) groups excluding carboxylic acids is 2. The van der Waals surface area contributed by atoms with Gasteiger partial charge in [-0.05, 0) is 25.5 Å². The first kappa shape index (κ1) is 18.8. The van der Waals surface area contributed by atoms with Gasteiger partial charge in [0.05, 0.1) is 12.6 Å². The SMILES string of the molecule is CCOC(=O)CCCNC(=NC)NC1CC(=O)N(c2ccccc2)C1. The van der Waals surface area contributed by atoms with E-state index in [9.17, 15) is 9.59 Å². The number of anilines is 1. The molecule has 2 rings (SSSR count). The van der Waals surface area contributed by atoms with Crippen molar-refractivity contribution in [2.75, 3.05) is 31.6 Å². The van der Waals surface area contributed by atoms with Gasteiger partial charge < -0.3 is 20.3 Å². The lowest BCUT2D eigenvalue weighted by molar-refractivity contribution is -0.143. The zero-order valence-corrected chi connectivity index (χ0v) is 14.8. The summed E-state index contributed by atoms with van der Waals surface area (Å²) in [6.45, 7) is 3.42. The Morgan fingerprint density at radius 1 is 1.36 bits per heavy atom. The van der Waals surface area contributed by atoms with Gasteiger partial charge in [0.15, 0.2) is 5.96 Å². The molecule has 25 heavy (non-hydrogen) atoms. The zero-order chi connectivity index (χ0) is 18.1. The summed E-state index contributed by atoms with van der Waals surface area (Å²) in [4.78, 5) is 29.5. The van der Waals surface area contributed by atoms with Crippen LogP contribution in [-0.4, -0.2) is 50.6 Å². The fraction of sp³-hybridized carbons (Fsp3) is 0.500. The van der Waals surface area contributed by atoms with Gasteiger partial charge in [-0.3, -0.25) is 14.6 Å². The quantitative estimate of drug-likeness (QED) is 0.337. The first-order valence-corrected chi connectivity index (χ1v) is 8.62. The lowest BCUT2D eigenvalue weighted by Crippen LogP contribution is -2.44. The number of amides is 1. The maximum Gasteiger partial charge on any atom is 0.305 e. The van der Waals surface area contributed by atoms with Crippen molar-refractivity contribution in [3.8, 4) is 0 Å². The van der Waals surface area contributed by atoms with Gasteiger partial charge in [-0.25, -0.2) is 0 Å². The summed E-state index contributed by atoms with van der Waals surface area (Å²) < 4.78 is 4.89. The molecule has 0 saturated carbocycles. The van der Waals surface area contributed by atoms with Crippen LogP contribution in [0.3, 0.4) is 0 Å². The van der Waals surface area contributed by atoms with E-state index in [2.05, 4.69) is 15.6 Å². The van der Waals surface area contributed by atoms with Crippen molar-refractivity contribution in [1.29, 1.82) is 0 Å². The number of guanidine groups is 1. The first-order valence-electron chi connectivity index (χ1n) is 8.62. The van der Waals surface area contributed by atoms with Crippen molar-refractivity contribution in [2.24, 2.45) is 4.99 Å². The van der Waals surface area contributed by atoms with E-state index in [4.69, 9.17) is 4.74 Å². The van der Waals surface area contributed by atoms with Gasteiger partial charge in [0.25, 0.3) is 0 Å². The van der Waals surface area contributed by atoms with Crippen LogP contribution in [0, 0.1) is 0 Å². The Bertz CT molecular complexity index is 604. The van der Waals surface area contributed by atoms with Crippen LogP contribution >= 0.6 is 0 Å². The molecular formula is C18H26N4O3. The molecule has 0 spiro atoms. The van der Waals surface area contributed by atoms with Crippen molar-refractivity contribution in [3.63, 3.8) is 0 Å². The summed E-state index contributed by atoms with van der Waals surface area (Å²) in [5, 5.41) is 6.43. The minimum atomic E-state index is -0.188. The van der Waals surface area contributed by atoms with Gasteiger partial charge in [0.2, 0.25) is 5.91 Å². The Hall–Kier alpha value is -2.57. The highest BCUT2D eigenvalue weighted by atomic mass is 16.5. The molecule has 1 atom stereocenters. The molecule has 1 aliphatic rings. The van der Waals surface area contributed by atoms with E-state index < -0.39 is 0 Å². The van der Waals surface area contributed by atoms with E-state index in [-0.39, 0.29) is 17.9 Å². The van der Waals surface area contributed by atoms with E-state index in [1.54, 1.807) is 18.9 Å². The zero-order valence-electron chi connectivity index (χ0n) is 14.8. The Labute approximate surface area is 148 Å². The number of nitrogens with zero attached hydrogens (tertiary/aromatic N) is 2. The first-order chi connectivity index (χ1) is 12.1. The smallest absolute Gasteiger partial charge is 0.305 e. The van der Waals surface area contributed by atoms with Crippen LogP contribution in [0.1, 0.15) is 26.2 Å². The minimum Gasteiger partial charge on any atom is -0.466 e. The van der Waals surface area contributed by atoms with Crippen molar-refractivity contribution < 1.29 is 14.3 Å². The average Bonchev–Trinajstić information content (AvgIpc) is 2.99. The molecule has 1 unspecified atom stereocenters. The molecule has 1 amide bonds. The fourth-order valence-corrected chi connectivity index (χ4v) is 2.72. The molecule has 7 nitrogen and oxygen atoms in total. The third-order valence-electron chi connectivity index (χ3n) is 3.91. The van der Waals surface area contributed by atoms with Crippen LogP contribution in [0.4, 0.5) is 5.69 Å². The van der Waals surface area contributed by atoms with Crippen molar-refractivity contribution in [1.82, 2.24) is 10.6 Å². The largest absolute Gasteiger partial charge is 0.466 e. The van der Waals surface area contributed by atoms with Crippen LogP contribution in [-0.2, 0) is 14.3 Å². The number of nitrogens with one attached hydrogen (secondary N) is 2. The van der Waals surface area contributed by atoms with E-state index in [0.29, 0.717) is 44.9 Å². The third-order valence-corrected chi connectivity index (χ3v) is 3.91. The molecule has 0 aliphatic carbocycles. The van der Waals surface area contributed by atoms with Crippen LogP contribution in [0.5, 0.6) is 0 Å². The number of rotatable bonds is 7. The molecule has 1 aromatic rings. The van der Waals surface area contributed by atoms with E-state index >= 15 is 0 Å². The maximum absolute atomic E-state index is 12.2. The maximum atomic E-state index is 12.2. The predicted octanol–water partition coefficient (Wildman–Crippen LogP) is 1.30. The highest BCUT2D eigenvalue weighted by molar-refractivity contribution is 5.97. The normalized spacial score (nSPS) is 17.5. The highest BCUT2D eigenvalue weighted by Crippen LogP contribution is 2.20. The second kappa shape index (κ2) is 9.66. The van der Waals surface area contributed by atoms with E-state index in [1.165, 1.54) is 0 Å². The van der Waals surface area contributed by atoms with Crippen LogP contribution in [0.15, 0.2) is 35.3 Å². The number of carbonyl (C=O) groups is 2. The monoisotopic (exact) mass is 346 g/mol. The van der Waals surface area contributed by atoms with Crippen molar-refractivity contribution in [3.05, 3.63) is 30.3 Å². The van der Waals surface area contributed by atoms with Gasteiger partial charge in [0.1, 0.15) is 0 Å². The number of benzene rings is 1. The molecule has 1 saturated heterocycles. The average molecular weight is 346 g/mol. The molecule has 1 aromatic carbocycles. The predicted molar refractivity (Wildman–Crippen MR) is 97.6 cm³/mol. The number of ether oxygens (including phenoxy) is 1. The summed E-state index contributed by atoms with van der Waals surface area (Å²) in [5.41, 5.74) is 0.911. The molecular weight excluding hydrogens is 320 g/mol. The van der Waals surface area contributed by atoms with Crippen molar-refractivity contribution in [2.45, 2.75) is 32.2 Å². The number of aliphatic imine (C=N–C) groups is 1. The summed E-state index contributed by atoms with van der Waals surface area (Å²) in [6, 6.07) is 9.65. The van der Waals surface area contributed by atoms with E-state index in [1.807, 2.05) is 30.3 Å². The number of hydrogen-bond acceptors (Lipinski definition) is 4. The van der Waals surface area contributed by atoms with Crippen LogP contribution in [0.25, 0.3) is 0 Å². The number of para-hydroxylation sites is 1. The molecule has 1 heterocycles. The Kier molecular flexibility index (Phi) is 7.25. The van der Waals surface area contributed by atoms with Crippen LogP contribution in [0.2, 0.25) is 0 Å². The summed E-state index contributed by atoms with van der Waals surface area (Å²) in [7, 11) is 1.69. The Balaban J connectivity index is 1.76. The fourth-order valence-electron chi connectivity index (χ4n) is 2.72. The van der Waals surface area contributed by atoms with E-state index in [0.717, 1.165) is 5.69 Å². The van der Waals surface area contributed by atoms with Gasteiger partial charge in [0, 0.05) is 38.7 Å². The third kappa shape index (κ3) is 5.77. The molecule has 0 radical (unpaired) electrons. The Morgan fingerprint density at radius 2 is 2.12 bits per heavy atom. The molecule has 1 fully saturated rings. The highest BCUT2D eigenvalue weighted by Gasteiger charge is 2.30. The van der Waals surface area contributed by atoms with Gasteiger partial charge in [-0.2, -0.15) is 0 Å². The van der Waals surface area contributed by atoms with Crippen molar-refractivity contribution >= 4 is 23.5 Å². The lowest BCUT2D eigenvalue weighted by Gasteiger charge is -2.19. The second-order valence-corrected chi connectivity index (χ2v) is 5.79.